The zero-order valence-corrected chi connectivity index (χ0v) is 14.4. The van der Waals surface area contributed by atoms with Crippen molar-refractivity contribution in [3.05, 3.63) is 0 Å². The van der Waals surface area contributed by atoms with Crippen LogP contribution in [0.3, 0.4) is 0 Å². The first kappa shape index (κ1) is 19.7. The van der Waals surface area contributed by atoms with Crippen molar-refractivity contribution >= 4 is 20.4 Å². The van der Waals surface area contributed by atoms with Gasteiger partial charge in [0.25, 0.3) is 0 Å². The highest BCUT2D eigenvalue weighted by atomic mass is 32.2. The molecule has 5 heteroatoms. The number of unbranched alkanes of at least 4 members (excludes halogenated alkanes) is 5. The lowest BCUT2D eigenvalue weighted by molar-refractivity contribution is 0.226. The van der Waals surface area contributed by atoms with Crippen molar-refractivity contribution in [3.8, 4) is 0 Å². The predicted molar refractivity (Wildman–Crippen MR) is 86.2 cm³/mol. The van der Waals surface area contributed by atoms with E-state index in [1.807, 2.05) is 0 Å². The SMILES string of the molecule is CCCCCCCCC(C)SC(CCC)OP(O)O. The Labute approximate surface area is 124 Å². The lowest BCUT2D eigenvalue weighted by atomic mass is 10.1. The quantitative estimate of drug-likeness (QED) is 0.278. The summed E-state index contributed by atoms with van der Waals surface area (Å²) in [6.07, 6.45) is 11.0. The molecule has 0 aliphatic heterocycles. The van der Waals surface area contributed by atoms with Gasteiger partial charge in [-0.2, -0.15) is 0 Å². The van der Waals surface area contributed by atoms with E-state index in [4.69, 9.17) is 14.3 Å². The summed E-state index contributed by atoms with van der Waals surface area (Å²) in [4.78, 5) is 17.9. The molecule has 0 aromatic carbocycles. The van der Waals surface area contributed by atoms with E-state index in [1.165, 1.54) is 44.9 Å². The molecule has 3 nitrogen and oxygen atoms in total. The summed E-state index contributed by atoms with van der Waals surface area (Å²) >= 11 is 1.74. The average Bonchev–Trinajstić information content (AvgIpc) is 2.33. The third-order valence-corrected chi connectivity index (χ3v) is 5.01. The maximum atomic E-state index is 8.94. The van der Waals surface area contributed by atoms with Crippen molar-refractivity contribution in [2.45, 2.75) is 89.2 Å². The minimum Gasteiger partial charge on any atom is -0.328 e. The van der Waals surface area contributed by atoms with E-state index in [0.29, 0.717) is 5.25 Å². The summed E-state index contributed by atoms with van der Waals surface area (Å²) in [5.41, 5.74) is -0.0683. The van der Waals surface area contributed by atoms with Crippen LogP contribution in [0.5, 0.6) is 0 Å². The third-order valence-electron chi connectivity index (χ3n) is 3.08. The van der Waals surface area contributed by atoms with Crippen LogP contribution >= 0.6 is 20.4 Å². The van der Waals surface area contributed by atoms with Crippen molar-refractivity contribution in [3.63, 3.8) is 0 Å². The van der Waals surface area contributed by atoms with Gasteiger partial charge in [0.2, 0.25) is 0 Å². The normalized spacial score (nSPS) is 14.8. The van der Waals surface area contributed by atoms with E-state index in [1.54, 1.807) is 11.8 Å². The van der Waals surface area contributed by atoms with Crippen LogP contribution in [-0.2, 0) is 4.52 Å². The molecule has 2 N–H and O–H groups in total. The molecule has 2 unspecified atom stereocenters. The van der Waals surface area contributed by atoms with Gasteiger partial charge in [-0.05, 0) is 12.8 Å². The molecule has 0 fully saturated rings. The van der Waals surface area contributed by atoms with Crippen LogP contribution in [0.15, 0.2) is 0 Å². The molecule has 0 aromatic rings. The predicted octanol–water partition coefficient (Wildman–Crippen LogP) is 5.21. The van der Waals surface area contributed by atoms with Gasteiger partial charge < -0.3 is 9.79 Å². The Morgan fingerprint density at radius 1 is 0.947 bits per heavy atom. The highest BCUT2D eigenvalue weighted by Crippen LogP contribution is 2.36. The Morgan fingerprint density at radius 3 is 2.16 bits per heavy atom. The minimum atomic E-state index is -2.23. The lowest BCUT2D eigenvalue weighted by Crippen LogP contribution is -2.10. The molecule has 0 spiro atoms. The van der Waals surface area contributed by atoms with E-state index in [-0.39, 0.29) is 5.44 Å². The monoisotopic (exact) mass is 310 g/mol. The molecule has 0 radical (unpaired) electrons. The molecule has 0 aromatic heterocycles. The standard InChI is InChI=1S/C14H31O3PS/c1-4-6-7-8-9-10-12-13(3)19-14(11-5-2)17-18(15)16/h13-16H,4-12H2,1-3H3. The van der Waals surface area contributed by atoms with Gasteiger partial charge in [0.1, 0.15) is 5.44 Å². The van der Waals surface area contributed by atoms with Gasteiger partial charge in [-0.3, -0.25) is 4.52 Å². The maximum Gasteiger partial charge on any atom is 0.328 e. The van der Waals surface area contributed by atoms with Gasteiger partial charge in [-0.15, -0.1) is 11.8 Å². The zero-order valence-electron chi connectivity index (χ0n) is 12.7. The fourth-order valence-electron chi connectivity index (χ4n) is 2.03. The van der Waals surface area contributed by atoms with Crippen LogP contribution in [0.4, 0.5) is 0 Å². The van der Waals surface area contributed by atoms with E-state index < -0.39 is 8.60 Å². The molecule has 2 atom stereocenters. The topological polar surface area (TPSA) is 49.7 Å². The second kappa shape index (κ2) is 13.6. The van der Waals surface area contributed by atoms with Crippen LogP contribution in [-0.4, -0.2) is 20.5 Å². The molecule has 0 saturated carbocycles. The Kier molecular flexibility index (Phi) is 14.1. The summed E-state index contributed by atoms with van der Waals surface area (Å²) in [6, 6.07) is 0. The number of hydrogen-bond donors (Lipinski definition) is 2. The Balaban J connectivity index is 3.65. The maximum absolute atomic E-state index is 8.94. The number of rotatable bonds is 13. The van der Waals surface area contributed by atoms with E-state index in [0.717, 1.165) is 12.8 Å². The number of thioether (sulfide) groups is 1. The van der Waals surface area contributed by atoms with Crippen molar-refractivity contribution < 1.29 is 14.3 Å². The molecule has 0 amide bonds. The fourth-order valence-corrected chi connectivity index (χ4v) is 3.96. The smallest absolute Gasteiger partial charge is 0.328 e. The molecule has 0 aliphatic carbocycles. The first-order chi connectivity index (χ1) is 9.10. The first-order valence-corrected chi connectivity index (χ1v) is 9.71. The van der Waals surface area contributed by atoms with Crippen LogP contribution in [0.2, 0.25) is 0 Å². The van der Waals surface area contributed by atoms with Gasteiger partial charge in [0.05, 0.1) is 0 Å². The molecule has 0 aliphatic rings. The molecule has 19 heavy (non-hydrogen) atoms. The van der Waals surface area contributed by atoms with Gasteiger partial charge in [0, 0.05) is 5.25 Å². The molecule has 0 rings (SSSR count). The largest absolute Gasteiger partial charge is 0.328 e. The van der Waals surface area contributed by atoms with Crippen molar-refractivity contribution in [2.75, 3.05) is 0 Å². The van der Waals surface area contributed by atoms with Gasteiger partial charge in [0.15, 0.2) is 0 Å². The van der Waals surface area contributed by atoms with E-state index in [2.05, 4.69) is 20.8 Å². The summed E-state index contributed by atoms with van der Waals surface area (Å²) < 4.78 is 5.16. The summed E-state index contributed by atoms with van der Waals surface area (Å²) in [5, 5.41) is 0.526. The van der Waals surface area contributed by atoms with Crippen LogP contribution in [0.25, 0.3) is 0 Å². The van der Waals surface area contributed by atoms with Gasteiger partial charge >= 0.3 is 8.60 Å². The molecular weight excluding hydrogens is 279 g/mol. The molecule has 0 heterocycles. The lowest BCUT2D eigenvalue weighted by Gasteiger charge is -2.20. The van der Waals surface area contributed by atoms with Crippen molar-refractivity contribution in [2.24, 2.45) is 0 Å². The molecule has 0 bridgehead atoms. The fraction of sp³-hybridized carbons (Fsp3) is 1.00. The summed E-state index contributed by atoms with van der Waals surface area (Å²) in [7, 11) is -2.23. The van der Waals surface area contributed by atoms with Gasteiger partial charge in [-0.25, -0.2) is 0 Å². The Bertz CT molecular complexity index is 194. The second-order valence-electron chi connectivity index (χ2n) is 5.08. The van der Waals surface area contributed by atoms with Crippen molar-refractivity contribution in [1.29, 1.82) is 0 Å². The van der Waals surface area contributed by atoms with Crippen molar-refractivity contribution in [1.82, 2.24) is 0 Å². The minimum absolute atomic E-state index is 0.0683. The van der Waals surface area contributed by atoms with E-state index >= 15 is 0 Å². The summed E-state index contributed by atoms with van der Waals surface area (Å²) in [5.74, 6) is 0. The molecule has 0 saturated heterocycles. The molecule has 116 valence electrons. The van der Waals surface area contributed by atoms with Crippen LogP contribution in [0.1, 0.15) is 78.6 Å². The van der Waals surface area contributed by atoms with Gasteiger partial charge in [-0.1, -0.05) is 65.7 Å². The highest BCUT2D eigenvalue weighted by Gasteiger charge is 2.17. The van der Waals surface area contributed by atoms with Crippen LogP contribution < -0.4 is 0 Å². The number of hydrogen-bond acceptors (Lipinski definition) is 4. The second-order valence-corrected chi connectivity index (χ2v) is 7.40. The Hall–Kier alpha value is 0.660. The highest BCUT2D eigenvalue weighted by molar-refractivity contribution is 8.00. The van der Waals surface area contributed by atoms with Crippen LogP contribution in [0, 0.1) is 0 Å². The third kappa shape index (κ3) is 13.4. The zero-order chi connectivity index (χ0) is 14.5. The average molecular weight is 310 g/mol. The first-order valence-electron chi connectivity index (χ1n) is 7.60. The summed E-state index contributed by atoms with van der Waals surface area (Å²) in [6.45, 7) is 6.54. The Morgan fingerprint density at radius 2 is 1.58 bits per heavy atom. The van der Waals surface area contributed by atoms with E-state index in [9.17, 15) is 0 Å². The molecular formula is C14H31O3PS.